The summed E-state index contributed by atoms with van der Waals surface area (Å²) < 4.78 is 1.17. The summed E-state index contributed by atoms with van der Waals surface area (Å²) in [4.78, 5) is 0. The minimum Gasteiger partial charge on any atom is -0.316 e. The first-order chi connectivity index (χ1) is 6.27. The Balaban J connectivity index is 2.32. The molecule has 2 rings (SSSR count). The number of halogens is 2. The van der Waals surface area contributed by atoms with Gasteiger partial charge in [0, 0.05) is 16.0 Å². The lowest BCUT2D eigenvalue weighted by Gasteiger charge is -2.11. The van der Waals surface area contributed by atoms with E-state index in [1.54, 1.807) is 0 Å². The quantitative estimate of drug-likeness (QED) is 0.818. The molecule has 0 saturated carbocycles. The van der Waals surface area contributed by atoms with Gasteiger partial charge in [-0.15, -0.1) is 0 Å². The summed E-state index contributed by atoms with van der Waals surface area (Å²) in [6, 6.07) is 6.00. The molecule has 0 bridgehead atoms. The molecule has 0 radical (unpaired) electrons. The first-order valence-corrected chi connectivity index (χ1v) is 5.60. The highest BCUT2D eigenvalue weighted by Gasteiger charge is 2.18. The smallest absolute Gasteiger partial charge is 0.0409 e. The summed E-state index contributed by atoms with van der Waals surface area (Å²) in [5.41, 5.74) is 1.33. The lowest BCUT2D eigenvalue weighted by atomic mass is 9.99. The largest absolute Gasteiger partial charge is 0.316 e. The number of nitrogens with one attached hydrogen (secondary N) is 1. The zero-order valence-electron chi connectivity index (χ0n) is 7.19. The zero-order chi connectivity index (χ0) is 9.26. The summed E-state index contributed by atoms with van der Waals surface area (Å²) in [7, 11) is 0. The molecule has 1 aliphatic rings. The second kappa shape index (κ2) is 3.99. The van der Waals surface area contributed by atoms with Crippen LogP contribution in [-0.4, -0.2) is 13.1 Å². The molecule has 0 aliphatic carbocycles. The molecule has 3 heteroatoms. The van der Waals surface area contributed by atoms with Crippen molar-refractivity contribution in [2.75, 3.05) is 13.1 Å². The van der Waals surface area contributed by atoms with Crippen LogP contribution < -0.4 is 5.32 Å². The summed E-state index contributed by atoms with van der Waals surface area (Å²) in [5, 5.41) is 4.18. The Bertz CT molecular complexity index is 308. The van der Waals surface area contributed by atoms with Crippen LogP contribution in [0, 0.1) is 0 Å². The topological polar surface area (TPSA) is 12.0 Å². The molecular weight excluding hydrogens is 249 g/mol. The van der Waals surface area contributed by atoms with E-state index in [2.05, 4.69) is 27.3 Å². The van der Waals surface area contributed by atoms with Gasteiger partial charge in [-0.2, -0.15) is 0 Å². The van der Waals surface area contributed by atoms with Crippen molar-refractivity contribution in [3.05, 3.63) is 33.3 Å². The van der Waals surface area contributed by atoms with E-state index in [4.69, 9.17) is 11.6 Å². The Morgan fingerprint density at radius 3 is 3.00 bits per heavy atom. The Hall–Kier alpha value is -0.0500. The minimum atomic E-state index is 0.619. The fourth-order valence-electron chi connectivity index (χ4n) is 1.75. The van der Waals surface area contributed by atoms with Gasteiger partial charge in [0.25, 0.3) is 0 Å². The molecule has 1 aliphatic heterocycles. The maximum absolute atomic E-state index is 5.95. The Labute approximate surface area is 91.6 Å². The number of rotatable bonds is 1. The number of benzene rings is 1. The van der Waals surface area contributed by atoms with Crippen molar-refractivity contribution >= 4 is 27.5 Å². The molecule has 0 spiro atoms. The van der Waals surface area contributed by atoms with Gasteiger partial charge in [-0.1, -0.05) is 27.5 Å². The van der Waals surface area contributed by atoms with Crippen molar-refractivity contribution in [2.24, 2.45) is 0 Å². The predicted molar refractivity (Wildman–Crippen MR) is 59.4 cm³/mol. The molecule has 1 fully saturated rings. The standard InChI is InChI=1S/C10H11BrClN/c11-10-2-1-8(12)5-9(10)7-3-4-13-6-7/h1-2,5,7,13H,3-4,6H2/t7-/m1/s1. The highest BCUT2D eigenvalue weighted by atomic mass is 79.9. The van der Waals surface area contributed by atoms with Gasteiger partial charge in [0.05, 0.1) is 0 Å². The second-order valence-corrected chi connectivity index (χ2v) is 4.65. The fourth-order valence-corrected chi connectivity index (χ4v) is 2.50. The van der Waals surface area contributed by atoms with Crippen LogP contribution in [0.2, 0.25) is 5.02 Å². The molecule has 1 nitrogen and oxygen atoms in total. The van der Waals surface area contributed by atoms with Crippen molar-refractivity contribution in [3.8, 4) is 0 Å². The van der Waals surface area contributed by atoms with E-state index in [9.17, 15) is 0 Å². The summed E-state index contributed by atoms with van der Waals surface area (Å²) >= 11 is 9.51. The SMILES string of the molecule is Clc1ccc(Br)c([C@@H]2CCNC2)c1. The average molecular weight is 261 g/mol. The van der Waals surface area contributed by atoms with Crippen LogP contribution in [0.25, 0.3) is 0 Å². The molecule has 1 heterocycles. The normalized spacial score (nSPS) is 22.2. The Morgan fingerprint density at radius 2 is 2.31 bits per heavy atom. The molecule has 1 N–H and O–H groups in total. The molecule has 70 valence electrons. The van der Waals surface area contributed by atoms with Crippen LogP contribution in [0.1, 0.15) is 17.9 Å². The first-order valence-electron chi connectivity index (χ1n) is 4.43. The van der Waals surface area contributed by atoms with Crippen molar-refractivity contribution in [1.82, 2.24) is 5.32 Å². The van der Waals surface area contributed by atoms with E-state index < -0.39 is 0 Å². The van der Waals surface area contributed by atoms with E-state index in [-0.39, 0.29) is 0 Å². The summed E-state index contributed by atoms with van der Waals surface area (Å²) in [5.74, 6) is 0.619. The van der Waals surface area contributed by atoms with Crippen LogP contribution in [0.5, 0.6) is 0 Å². The van der Waals surface area contributed by atoms with Crippen molar-refractivity contribution < 1.29 is 0 Å². The number of hydrogen-bond acceptors (Lipinski definition) is 1. The lowest BCUT2D eigenvalue weighted by Crippen LogP contribution is -2.08. The van der Waals surface area contributed by atoms with Crippen LogP contribution in [0.15, 0.2) is 22.7 Å². The van der Waals surface area contributed by atoms with Gasteiger partial charge in [-0.25, -0.2) is 0 Å². The predicted octanol–water partition coefficient (Wildman–Crippen LogP) is 3.18. The van der Waals surface area contributed by atoms with E-state index in [1.165, 1.54) is 16.5 Å². The van der Waals surface area contributed by atoms with E-state index >= 15 is 0 Å². The van der Waals surface area contributed by atoms with E-state index in [0.29, 0.717) is 5.92 Å². The minimum absolute atomic E-state index is 0.619. The van der Waals surface area contributed by atoms with E-state index in [1.807, 2.05) is 12.1 Å². The first kappa shape index (κ1) is 9.50. The van der Waals surface area contributed by atoms with Crippen molar-refractivity contribution in [3.63, 3.8) is 0 Å². The highest BCUT2D eigenvalue weighted by Crippen LogP contribution is 2.31. The molecule has 0 aromatic heterocycles. The van der Waals surface area contributed by atoms with Gasteiger partial charge in [-0.3, -0.25) is 0 Å². The third-order valence-electron chi connectivity index (χ3n) is 2.46. The van der Waals surface area contributed by atoms with Crippen molar-refractivity contribution in [2.45, 2.75) is 12.3 Å². The maximum atomic E-state index is 5.95. The van der Waals surface area contributed by atoms with Gasteiger partial charge in [0.15, 0.2) is 0 Å². The summed E-state index contributed by atoms with van der Waals surface area (Å²) in [6.07, 6.45) is 1.21. The number of hydrogen-bond donors (Lipinski definition) is 1. The van der Waals surface area contributed by atoms with Gasteiger partial charge < -0.3 is 5.32 Å². The third kappa shape index (κ3) is 2.06. The van der Waals surface area contributed by atoms with Gasteiger partial charge >= 0.3 is 0 Å². The molecule has 1 aromatic carbocycles. The van der Waals surface area contributed by atoms with Crippen molar-refractivity contribution in [1.29, 1.82) is 0 Å². The maximum Gasteiger partial charge on any atom is 0.0409 e. The molecular formula is C10H11BrClN. The van der Waals surface area contributed by atoms with Crippen LogP contribution >= 0.6 is 27.5 Å². The molecule has 1 aromatic rings. The summed E-state index contributed by atoms with van der Waals surface area (Å²) in [6.45, 7) is 2.18. The third-order valence-corrected chi connectivity index (χ3v) is 3.42. The zero-order valence-corrected chi connectivity index (χ0v) is 9.53. The van der Waals surface area contributed by atoms with Gasteiger partial charge in [0.1, 0.15) is 0 Å². The Kier molecular flexibility index (Phi) is 2.92. The molecule has 0 unspecified atom stereocenters. The van der Waals surface area contributed by atoms with Gasteiger partial charge in [0.2, 0.25) is 0 Å². The Morgan fingerprint density at radius 1 is 1.46 bits per heavy atom. The molecule has 1 atom stereocenters. The van der Waals surface area contributed by atoms with Crippen LogP contribution in [0.3, 0.4) is 0 Å². The monoisotopic (exact) mass is 259 g/mol. The highest BCUT2D eigenvalue weighted by molar-refractivity contribution is 9.10. The average Bonchev–Trinajstić information content (AvgIpc) is 2.61. The fraction of sp³-hybridized carbons (Fsp3) is 0.400. The van der Waals surface area contributed by atoms with Gasteiger partial charge in [-0.05, 0) is 42.6 Å². The van der Waals surface area contributed by atoms with E-state index in [0.717, 1.165) is 18.1 Å². The van der Waals surface area contributed by atoms with Crippen LogP contribution in [-0.2, 0) is 0 Å². The molecule has 1 saturated heterocycles. The molecule has 0 amide bonds. The van der Waals surface area contributed by atoms with Crippen LogP contribution in [0.4, 0.5) is 0 Å². The lowest BCUT2D eigenvalue weighted by molar-refractivity contribution is 0.760. The molecule has 13 heavy (non-hydrogen) atoms. The second-order valence-electron chi connectivity index (χ2n) is 3.36.